The molecule has 4 nitrogen and oxygen atoms in total. The molecule has 0 aliphatic rings. The number of rotatable bonds is 5. The molecule has 0 fully saturated rings. The number of nitrogens with one attached hydrogen (secondary N) is 1. The van der Waals surface area contributed by atoms with Crippen LogP contribution in [-0.4, -0.2) is 15.7 Å². The maximum Gasteiger partial charge on any atom is 0.244 e. The van der Waals surface area contributed by atoms with Crippen LogP contribution in [0.3, 0.4) is 0 Å². The average Bonchev–Trinajstić information content (AvgIpc) is 3.24. The molecule has 1 atom stereocenters. The van der Waals surface area contributed by atoms with E-state index in [9.17, 15) is 4.79 Å². The van der Waals surface area contributed by atoms with E-state index in [0.717, 1.165) is 16.0 Å². The second-order valence-electron chi connectivity index (χ2n) is 5.05. The van der Waals surface area contributed by atoms with Gasteiger partial charge >= 0.3 is 0 Å². The van der Waals surface area contributed by atoms with E-state index in [1.165, 1.54) is 0 Å². The second kappa shape index (κ2) is 6.58. The molecule has 0 spiro atoms. The number of thiophene rings is 1. The fourth-order valence-corrected chi connectivity index (χ4v) is 2.83. The number of carbonyl (C=O) groups is 1. The van der Waals surface area contributed by atoms with E-state index in [-0.39, 0.29) is 11.9 Å². The predicted molar refractivity (Wildman–Crippen MR) is 88.5 cm³/mol. The molecule has 2 heterocycles. The van der Waals surface area contributed by atoms with Gasteiger partial charge in [-0.1, -0.05) is 36.4 Å². The average molecular weight is 311 g/mol. The minimum Gasteiger partial charge on any atom is -0.349 e. The number of carbonyl (C=O) groups excluding carboxylic acids is 1. The zero-order valence-corrected chi connectivity index (χ0v) is 13.1. The van der Waals surface area contributed by atoms with Crippen LogP contribution in [0.1, 0.15) is 17.8 Å². The number of hydrogen-bond acceptors (Lipinski definition) is 3. The fourth-order valence-electron chi connectivity index (χ4n) is 2.18. The number of nitrogens with zero attached hydrogens (tertiary/aromatic N) is 2. The number of aromatic nitrogens is 2. The minimum atomic E-state index is -0.336. The Labute approximate surface area is 133 Å². The van der Waals surface area contributed by atoms with E-state index < -0.39 is 0 Å². The lowest BCUT2D eigenvalue weighted by atomic mass is 10.1. The summed E-state index contributed by atoms with van der Waals surface area (Å²) in [6.07, 6.45) is 3.70. The number of benzene rings is 1. The molecule has 0 radical (unpaired) electrons. The molecule has 0 unspecified atom stereocenters. The molecular formula is C17H17N3OS. The molecule has 22 heavy (non-hydrogen) atoms. The van der Waals surface area contributed by atoms with Crippen molar-refractivity contribution in [3.05, 3.63) is 65.1 Å². The highest BCUT2D eigenvalue weighted by Gasteiger charge is 2.16. The van der Waals surface area contributed by atoms with Crippen molar-refractivity contribution in [3.8, 4) is 11.1 Å². The molecule has 0 saturated carbocycles. The van der Waals surface area contributed by atoms with Crippen molar-refractivity contribution in [1.29, 1.82) is 0 Å². The fraction of sp³-hybridized carbons (Fsp3) is 0.176. The SMILES string of the molecule is C[C@@H](C(=O)NCc1cccs1)n1cc(-c2ccccc2)cn1. The van der Waals surface area contributed by atoms with Crippen LogP contribution in [0.2, 0.25) is 0 Å². The maximum absolute atomic E-state index is 12.2. The molecule has 1 N–H and O–H groups in total. The van der Waals surface area contributed by atoms with E-state index >= 15 is 0 Å². The predicted octanol–water partition coefficient (Wildman–Crippen LogP) is 3.49. The van der Waals surface area contributed by atoms with Crippen molar-refractivity contribution in [2.75, 3.05) is 0 Å². The van der Waals surface area contributed by atoms with Gasteiger partial charge in [0, 0.05) is 16.6 Å². The summed E-state index contributed by atoms with van der Waals surface area (Å²) < 4.78 is 1.70. The van der Waals surface area contributed by atoms with Gasteiger partial charge < -0.3 is 5.32 Å². The van der Waals surface area contributed by atoms with Gasteiger partial charge in [-0.15, -0.1) is 11.3 Å². The summed E-state index contributed by atoms with van der Waals surface area (Å²) in [7, 11) is 0. The van der Waals surface area contributed by atoms with Crippen molar-refractivity contribution in [2.45, 2.75) is 19.5 Å². The summed E-state index contributed by atoms with van der Waals surface area (Å²) in [6.45, 7) is 2.42. The van der Waals surface area contributed by atoms with Gasteiger partial charge in [0.2, 0.25) is 5.91 Å². The molecule has 0 bridgehead atoms. The van der Waals surface area contributed by atoms with Crippen LogP contribution < -0.4 is 5.32 Å². The summed E-state index contributed by atoms with van der Waals surface area (Å²) in [4.78, 5) is 13.4. The normalized spacial score (nSPS) is 12.0. The molecular weight excluding hydrogens is 294 g/mol. The van der Waals surface area contributed by atoms with Crippen LogP contribution in [0.25, 0.3) is 11.1 Å². The Hall–Kier alpha value is -2.40. The summed E-state index contributed by atoms with van der Waals surface area (Å²) in [5, 5.41) is 9.26. The molecule has 0 aliphatic carbocycles. The van der Waals surface area contributed by atoms with Crippen LogP contribution in [0.4, 0.5) is 0 Å². The molecule has 3 rings (SSSR count). The molecule has 3 aromatic rings. The Balaban J connectivity index is 1.66. The quantitative estimate of drug-likeness (QED) is 0.784. The molecule has 0 aliphatic heterocycles. The molecule has 1 amide bonds. The third-order valence-electron chi connectivity index (χ3n) is 3.50. The largest absolute Gasteiger partial charge is 0.349 e. The lowest BCUT2D eigenvalue weighted by molar-refractivity contribution is -0.124. The summed E-state index contributed by atoms with van der Waals surface area (Å²) >= 11 is 1.64. The van der Waals surface area contributed by atoms with Gasteiger partial charge in [-0.25, -0.2) is 0 Å². The van der Waals surface area contributed by atoms with Gasteiger partial charge in [0.15, 0.2) is 0 Å². The Morgan fingerprint density at radius 3 is 2.77 bits per heavy atom. The van der Waals surface area contributed by atoms with Gasteiger partial charge in [0.25, 0.3) is 0 Å². The Kier molecular flexibility index (Phi) is 4.34. The Morgan fingerprint density at radius 1 is 1.23 bits per heavy atom. The van der Waals surface area contributed by atoms with Crippen LogP contribution in [-0.2, 0) is 11.3 Å². The number of hydrogen-bond donors (Lipinski definition) is 1. The van der Waals surface area contributed by atoms with E-state index in [1.807, 2.05) is 61.0 Å². The van der Waals surface area contributed by atoms with E-state index in [1.54, 1.807) is 22.2 Å². The lowest BCUT2D eigenvalue weighted by Crippen LogP contribution is -2.30. The van der Waals surface area contributed by atoms with E-state index in [0.29, 0.717) is 6.54 Å². The van der Waals surface area contributed by atoms with Gasteiger partial charge in [-0.2, -0.15) is 5.10 Å². The van der Waals surface area contributed by atoms with E-state index in [2.05, 4.69) is 10.4 Å². The summed E-state index contributed by atoms with van der Waals surface area (Å²) in [5.74, 6) is -0.0314. The minimum absolute atomic E-state index is 0.0314. The van der Waals surface area contributed by atoms with Crippen molar-refractivity contribution >= 4 is 17.2 Å². The molecule has 112 valence electrons. The van der Waals surface area contributed by atoms with Crippen LogP contribution in [0.15, 0.2) is 60.2 Å². The van der Waals surface area contributed by atoms with Crippen LogP contribution in [0, 0.1) is 0 Å². The highest BCUT2D eigenvalue weighted by Crippen LogP contribution is 2.19. The first-order valence-corrected chi connectivity index (χ1v) is 8.01. The smallest absolute Gasteiger partial charge is 0.244 e. The summed E-state index contributed by atoms with van der Waals surface area (Å²) in [5.41, 5.74) is 2.11. The van der Waals surface area contributed by atoms with Crippen molar-refractivity contribution < 1.29 is 4.79 Å². The van der Waals surface area contributed by atoms with E-state index in [4.69, 9.17) is 0 Å². The Morgan fingerprint density at radius 2 is 2.05 bits per heavy atom. The van der Waals surface area contributed by atoms with Gasteiger partial charge in [-0.05, 0) is 23.9 Å². The monoisotopic (exact) mass is 311 g/mol. The molecule has 5 heteroatoms. The second-order valence-corrected chi connectivity index (χ2v) is 6.08. The molecule has 1 aromatic carbocycles. The lowest BCUT2D eigenvalue weighted by Gasteiger charge is -2.12. The van der Waals surface area contributed by atoms with Crippen molar-refractivity contribution in [1.82, 2.24) is 15.1 Å². The first-order valence-electron chi connectivity index (χ1n) is 7.14. The van der Waals surface area contributed by atoms with Gasteiger partial charge in [0.1, 0.15) is 6.04 Å². The van der Waals surface area contributed by atoms with Crippen LogP contribution in [0.5, 0.6) is 0 Å². The third kappa shape index (κ3) is 3.26. The van der Waals surface area contributed by atoms with Crippen molar-refractivity contribution in [3.63, 3.8) is 0 Å². The summed E-state index contributed by atoms with van der Waals surface area (Å²) in [6, 6.07) is 13.7. The molecule has 0 saturated heterocycles. The zero-order valence-electron chi connectivity index (χ0n) is 12.3. The third-order valence-corrected chi connectivity index (χ3v) is 4.38. The first-order chi connectivity index (χ1) is 10.7. The van der Waals surface area contributed by atoms with Crippen molar-refractivity contribution in [2.24, 2.45) is 0 Å². The molecule has 2 aromatic heterocycles. The maximum atomic E-state index is 12.2. The topological polar surface area (TPSA) is 46.9 Å². The van der Waals surface area contributed by atoms with Gasteiger partial charge in [-0.3, -0.25) is 9.48 Å². The highest BCUT2D eigenvalue weighted by molar-refractivity contribution is 7.09. The first kappa shape index (κ1) is 14.5. The standard InChI is InChI=1S/C17H17N3OS/c1-13(17(21)18-11-16-8-5-9-22-16)20-12-15(10-19-20)14-6-3-2-4-7-14/h2-10,12-13H,11H2,1H3,(H,18,21)/t13-/m0/s1. The highest BCUT2D eigenvalue weighted by atomic mass is 32.1. The van der Waals surface area contributed by atoms with Gasteiger partial charge in [0.05, 0.1) is 12.7 Å². The Bertz CT molecular complexity index is 734. The van der Waals surface area contributed by atoms with Crippen LogP contribution >= 0.6 is 11.3 Å². The number of amides is 1. The zero-order chi connectivity index (χ0) is 15.4.